The number of esters is 3. The Morgan fingerprint density at radius 2 is 0.439 bits per heavy atom. The standard InChI is InChI=1S/C76H140O6/c1-4-7-10-13-16-19-22-25-28-30-32-34-36-38-40-42-44-46-48-51-54-57-60-63-66-69-75(78)81-72-73(71-80-74(77)68-65-62-59-56-53-50-27-24-21-18-15-12-9-6-3)82-76(79)70-67-64-61-58-55-52-49-47-45-43-41-39-37-35-33-31-29-26-23-20-17-14-11-8-5-2/h22,24-25,27,30,32,36,38,73H,4-21,23,26,28-29,31,33-35,37,39-72H2,1-3H3/b25-22-,27-24-,32-30-,38-36-. The van der Waals surface area contributed by atoms with Crippen molar-refractivity contribution in [2.24, 2.45) is 0 Å². The van der Waals surface area contributed by atoms with Crippen molar-refractivity contribution in [3.05, 3.63) is 48.6 Å². The minimum absolute atomic E-state index is 0.0737. The van der Waals surface area contributed by atoms with E-state index in [9.17, 15) is 14.4 Å². The molecule has 0 N–H and O–H groups in total. The molecular weight excluding hydrogens is 1010 g/mol. The van der Waals surface area contributed by atoms with E-state index in [0.717, 1.165) is 77.0 Å². The van der Waals surface area contributed by atoms with Crippen LogP contribution in [-0.2, 0) is 28.6 Å². The molecule has 0 aromatic heterocycles. The van der Waals surface area contributed by atoms with Gasteiger partial charge in [-0.3, -0.25) is 14.4 Å². The second-order valence-corrected chi connectivity index (χ2v) is 24.9. The lowest BCUT2D eigenvalue weighted by Gasteiger charge is -2.18. The predicted octanol–water partition coefficient (Wildman–Crippen LogP) is 25.3. The van der Waals surface area contributed by atoms with Crippen LogP contribution in [0.15, 0.2) is 48.6 Å². The number of hydrogen-bond acceptors (Lipinski definition) is 6. The smallest absolute Gasteiger partial charge is 0.306 e. The summed E-state index contributed by atoms with van der Waals surface area (Å²) in [6.45, 7) is 6.68. The van der Waals surface area contributed by atoms with Crippen LogP contribution in [0.4, 0.5) is 0 Å². The van der Waals surface area contributed by atoms with Crippen LogP contribution in [0.5, 0.6) is 0 Å². The van der Waals surface area contributed by atoms with E-state index in [4.69, 9.17) is 14.2 Å². The molecule has 1 atom stereocenters. The number of rotatable bonds is 68. The minimum Gasteiger partial charge on any atom is -0.462 e. The first kappa shape index (κ1) is 79.4. The first-order valence-electron chi connectivity index (χ1n) is 36.6. The Hall–Kier alpha value is -2.63. The Morgan fingerprint density at radius 3 is 0.695 bits per heavy atom. The fourth-order valence-corrected chi connectivity index (χ4v) is 11.0. The van der Waals surface area contributed by atoms with Gasteiger partial charge in [-0.25, -0.2) is 0 Å². The van der Waals surface area contributed by atoms with E-state index in [2.05, 4.69) is 69.4 Å². The van der Waals surface area contributed by atoms with Crippen molar-refractivity contribution < 1.29 is 28.6 Å². The maximum absolute atomic E-state index is 13.0. The fraction of sp³-hybridized carbons (Fsp3) is 0.855. The quantitative estimate of drug-likeness (QED) is 0.0261. The van der Waals surface area contributed by atoms with Gasteiger partial charge in [-0.1, -0.05) is 345 Å². The van der Waals surface area contributed by atoms with Crippen LogP contribution in [-0.4, -0.2) is 37.2 Å². The molecule has 0 aromatic rings. The number of allylic oxidation sites excluding steroid dienone is 8. The lowest BCUT2D eigenvalue weighted by molar-refractivity contribution is -0.167. The summed E-state index contributed by atoms with van der Waals surface area (Å²) in [4.78, 5) is 38.5. The Bertz CT molecular complexity index is 1410. The summed E-state index contributed by atoms with van der Waals surface area (Å²) in [5.41, 5.74) is 0. The molecule has 0 radical (unpaired) electrons. The average Bonchev–Trinajstić information content (AvgIpc) is 3.47. The van der Waals surface area contributed by atoms with Gasteiger partial charge < -0.3 is 14.2 Å². The molecule has 0 saturated heterocycles. The van der Waals surface area contributed by atoms with Crippen LogP contribution < -0.4 is 0 Å². The molecule has 0 amide bonds. The van der Waals surface area contributed by atoms with Crippen molar-refractivity contribution in [1.29, 1.82) is 0 Å². The molecule has 6 heteroatoms. The molecule has 0 bridgehead atoms. The van der Waals surface area contributed by atoms with E-state index in [-0.39, 0.29) is 31.1 Å². The van der Waals surface area contributed by atoms with Gasteiger partial charge in [-0.2, -0.15) is 0 Å². The van der Waals surface area contributed by atoms with Crippen LogP contribution in [0.3, 0.4) is 0 Å². The van der Waals surface area contributed by atoms with Gasteiger partial charge in [-0.05, 0) is 83.5 Å². The number of unbranched alkanes of at least 4 members (excludes halogenated alkanes) is 49. The van der Waals surface area contributed by atoms with Gasteiger partial charge in [0.25, 0.3) is 0 Å². The van der Waals surface area contributed by atoms with E-state index < -0.39 is 6.10 Å². The summed E-state index contributed by atoms with van der Waals surface area (Å²) in [6.07, 6.45) is 90.0. The molecule has 0 aliphatic carbocycles. The molecule has 0 aliphatic heterocycles. The minimum atomic E-state index is -0.778. The normalized spacial score (nSPS) is 12.3. The van der Waals surface area contributed by atoms with Crippen LogP contribution >= 0.6 is 0 Å². The highest BCUT2D eigenvalue weighted by Crippen LogP contribution is 2.18. The molecule has 0 spiro atoms. The van der Waals surface area contributed by atoms with Gasteiger partial charge in [0, 0.05) is 19.3 Å². The van der Waals surface area contributed by atoms with E-state index in [1.807, 2.05) is 0 Å². The van der Waals surface area contributed by atoms with E-state index in [0.29, 0.717) is 19.3 Å². The number of carbonyl (C=O) groups is 3. The molecule has 1 unspecified atom stereocenters. The topological polar surface area (TPSA) is 78.9 Å². The third kappa shape index (κ3) is 68.2. The summed E-state index contributed by atoms with van der Waals surface area (Å²) in [5.74, 6) is -0.858. The number of hydrogen-bond donors (Lipinski definition) is 0. The van der Waals surface area contributed by atoms with E-state index in [1.165, 1.54) is 283 Å². The summed E-state index contributed by atoms with van der Waals surface area (Å²) in [6, 6.07) is 0. The molecule has 0 heterocycles. The zero-order valence-corrected chi connectivity index (χ0v) is 55.3. The number of carbonyl (C=O) groups excluding carboxylic acids is 3. The van der Waals surface area contributed by atoms with Gasteiger partial charge in [0.1, 0.15) is 13.2 Å². The van der Waals surface area contributed by atoms with Crippen molar-refractivity contribution in [1.82, 2.24) is 0 Å². The zero-order chi connectivity index (χ0) is 59.2. The third-order valence-electron chi connectivity index (χ3n) is 16.6. The van der Waals surface area contributed by atoms with E-state index in [1.54, 1.807) is 0 Å². The monoisotopic (exact) mass is 1150 g/mol. The Morgan fingerprint density at radius 1 is 0.244 bits per heavy atom. The Labute approximate surface area is 511 Å². The second kappa shape index (κ2) is 70.9. The van der Waals surface area contributed by atoms with Crippen molar-refractivity contribution in [2.45, 2.75) is 406 Å². The maximum atomic E-state index is 13.0. The highest BCUT2D eigenvalue weighted by molar-refractivity contribution is 5.71. The van der Waals surface area contributed by atoms with Crippen molar-refractivity contribution in [2.75, 3.05) is 13.2 Å². The van der Waals surface area contributed by atoms with Crippen LogP contribution in [0, 0.1) is 0 Å². The van der Waals surface area contributed by atoms with Crippen LogP contribution in [0.25, 0.3) is 0 Å². The van der Waals surface area contributed by atoms with Crippen molar-refractivity contribution in [3.8, 4) is 0 Å². The van der Waals surface area contributed by atoms with Gasteiger partial charge in [0.2, 0.25) is 0 Å². The summed E-state index contributed by atoms with van der Waals surface area (Å²) in [7, 11) is 0. The molecule has 0 fully saturated rings. The highest BCUT2D eigenvalue weighted by Gasteiger charge is 2.19. The van der Waals surface area contributed by atoms with Crippen molar-refractivity contribution in [3.63, 3.8) is 0 Å². The molecule has 6 nitrogen and oxygen atoms in total. The Balaban J connectivity index is 4.26. The summed E-state index contributed by atoms with van der Waals surface area (Å²) in [5, 5.41) is 0. The molecule has 82 heavy (non-hydrogen) atoms. The molecule has 0 aromatic carbocycles. The molecule has 0 rings (SSSR count). The van der Waals surface area contributed by atoms with Crippen LogP contribution in [0.1, 0.15) is 400 Å². The average molecular weight is 1150 g/mol. The van der Waals surface area contributed by atoms with Crippen LogP contribution in [0.2, 0.25) is 0 Å². The second-order valence-electron chi connectivity index (χ2n) is 24.9. The number of ether oxygens (including phenoxy) is 3. The molecular formula is C76H140O6. The lowest BCUT2D eigenvalue weighted by atomic mass is 10.0. The molecule has 480 valence electrons. The lowest BCUT2D eigenvalue weighted by Crippen LogP contribution is -2.30. The largest absolute Gasteiger partial charge is 0.462 e. The van der Waals surface area contributed by atoms with Gasteiger partial charge in [-0.15, -0.1) is 0 Å². The fourth-order valence-electron chi connectivity index (χ4n) is 11.0. The SMILES string of the molecule is CCCCCCC/C=C\C/C=C\C/C=C\CCCCCCCCCCCCC(=O)OCC(COC(=O)CCCCCCC/C=C\CCCCCCC)OC(=O)CCCCCCCCCCCCCCCCCCCCCCCCCCC. The van der Waals surface area contributed by atoms with Crippen molar-refractivity contribution >= 4 is 17.9 Å². The first-order valence-corrected chi connectivity index (χ1v) is 36.6. The van der Waals surface area contributed by atoms with Gasteiger partial charge in [0.15, 0.2) is 6.10 Å². The maximum Gasteiger partial charge on any atom is 0.306 e. The third-order valence-corrected chi connectivity index (χ3v) is 16.6. The van der Waals surface area contributed by atoms with Gasteiger partial charge in [0.05, 0.1) is 0 Å². The van der Waals surface area contributed by atoms with Gasteiger partial charge >= 0.3 is 17.9 Å². The Kier molecular flexibility index (Phi) is 68.6. The summed E-state index contributed by atoms with van der Waals surface area (Å²) < 4.78 is 17.0. The highest BCUT2D eigenvalue weighted by atomic mass is 16.6. The predicted molar refractivity (Wildman–Crippen MR) is 358 cm³/mol. The molecule has 0 aliphatic rings. The van der Waals surface area contributed by atoms with E-state index >= 15 is 0 Å². The first-order chi connectivity index (χ1) is 40.5. The summed E-state index contributed by atoms with van der Waals surface area (Å²) >= 11 is 0. The molecule has 0 saturated carbocycles. The zero-order valence-electron chi connectivity index (χ0n) is 55.3.